The Morgan fingerprint density at radius 1 is 0.654 bits per heavy atom. The predicted molar refractivity (Wildman–Crippen MR) is 107 cm³/mol. The zero-order valence-corrected chi connectivity index (χ0v) is 15.7. The Labute approximate surface area is 154 Å². The van der Waals surface area contributed by atoms with Gasteiger partial charge in [0.1, 0.15) is 11.6 Å². The van der Waals surface area contributed by atoms with Crippen LogP contribution >= 0.6 is 0 Å². The predicted octanol–water partition coefficient (Wildman–Crippen LogP) is 4.99. The van der Waals surface area contributed by atoms with Gasteiger partial charge < -0.3 is 9.13 Å². The molecule has 4 heteroatoms. The second-order valence-electron chi connectivity index (χ2n) is 6.75. The Balaban J connectivity index is 1.48. The van der Waals surface area contributed by atoms with Gasteiger partial charge in [0.25, 0.3) is 0 Å². The Bertz CT molecular complexity index is 941. The number of hydrogen-bond donors (Lipinski definition) is 0. The SMILES string of the molecule is CCc1nc2ccccc2n1CCCCn1c(CC)nc2ccccc21. The van der Waals surface area contributed by atoms with Crippen LogP contribution in [0.4, 0.5) is 0 Å². The molecule has 0 atom stereocenters. The van der Waals surface area contributed by atoms with E-state index in [9.17, 15) is 0 Å². The number of imidazole rings is 2. The number of para-hydroxylation sites is 4. The van der Waals surface area contributed by atoms with Crippen LogP contribution in [-0.4, -0.2) is 19.1 Å². The Morgan fingerprint density at radius 3 is 1.50 bits per heavy atom. The first-order valence-corrected chi connectivity index (χ1v) is 9.70. The van der Waals surface area contributed by atoms with Crippen LogP contribution in [0.2, 0.25) is 0 Å². The van der Waals surface area contributed by atoms with Crippen molar-refractivity contribution in [3.05, 3.63) is 60.2 Å². The zero-order valence-electron chi connectivity index (χ0n) is 15.7. The number of benzene rings is 2. The molecular formula is C22H26N4. The van der Waals surface area contributed by atoms with Crippen LogP contribution in [0.1, 0.15) is 38.3 Å². The lowest BCUT2D eigenvalue weighted by Gasteiger charge is -2.10. The van der Waals surface area contributed by atoms with Crippen LogP contribution in [0.5, 0.6) is 0 Å². The Hall–Kier alpha value is -2.62. The topological polar surface area (TPSA) is 35.6 Å². The van der Waals surface area contributed by atoms with Gasteiger partial charge in [-0.2, -0.15) is 0 Å². The molecule has 0 radical (unpaired) electrons. The van der Waals surface area contributed by atoms with Crippen molar-refractivity contribution in [1.29, 1.82) is 0 Å². The van der Waals surface area contributed by atoms with E-state index in [4.69, 9.17) is 9.97 Å². The van der Waals surface area contributed by atoms with E-state index in [0.29, 0.717) is 0 Å². The maximum atomic E-state index is 4.78. The second-order valence-corrected chi connectivity index (χ2v) is 6.75. The van der Waals surface area contributed by atoms with Crippen molar-refractivity contribution in [3.63, 3.8) is 0 Å². The molecule has 4 rings (SSSR count). The fourth-order valence-corrected chi connectivity index (χ4v) is 3.83. The number of hydrogen-bond acceptors (Lipinski definition) is 2. The van der Waals surface area contributed by atoms with Gasteiger partial charge in [0, 0.05) is 25.9 Å². The lowest BCUT2D eigenvalue weighted by Crippen LogP contribution is -2.07. The van der Waals surface area contributed by atoms with Crippen LogP contribution in [-0.2, 0) is 25.9 Å². The molecule has 0 aliphatic carbocycles. The average molecular weight is 346 g/mol. The molecule has 0 saturated heterocycles. The van der Waals surface area contributed by atoms with Gasteiger partial charge in [0.05, 0.1) is 22.1 Å². The van der Waals surface area contributed by atoms with E-state index < -0.39 is 0 Å². The fourth-order valence-electron chi connectivity index (χ4n) is 3.83. The van der Waals surface area contributed by atoms with Crippen molar-refractivity contribution in [3.8, 4) is 0 Å². The number of aryl methyl sites for hydroxylation is 4. The van der Waals surface area contributed by atoms with E-state index in [2.05, 4.69) is 71.5 Å². The maximum Gasteiger partial charge on any atom is 0.109 e. The summed E-state index contributed by atoms with van der Waals surface area (Å²) in [6, 6.07) is 16.9. The van der Waals surface area contributed by atoms with Crippen molar-refractivity contribution >= 4 is 22.1 Å². The fraction of sp³-hybridized carbons (Fsp3) is 0.364. The lowest BCUT2D eigenvalue weighted by atomic mass is 10.2. The highest BCUT2D eigenvalue weighted by molar-refractivity contribution is 5.76. The van der Waals surface area contributed by atoms with E-state index in [0.717, 1.165) is 49.8 Å². The number of nitrogens with zero attached hydrogens (tertiary/aromatic N) is 4. The first kappa shape index (κ1) is 16.8. The summed E-state index contributed by atoms with van der Waals surface area (Å²) in [4.78, 5) is 9.55. The normalized spacial score (nSPS) is 11.6. The van der Waals surface area contributed by atoms with E-state index in [1.165, 1.54) is 22.7 Å². The molecule has 0 amide bonds. The van der Waals surface area contributed by atoms with Gasteiger partial charge in [-0.3, -0.25) is 0 Å². The molecule has 0 unspecified atom stereocenters. The molecular weight excluding hydrogens is 320 g/mol. The summed E-state index contributed by atoms with van der Waals surface area (Å²) < 4.78 is 4.78. The van der Waals surface area contributed by atoms with Crippen molar-refractivity contribution in [2.45, 2.75) is 52.6 Å². The van der Waals surface area contributed by atoms with E-state index in [1.54, 1.807) is 0 Å². The van der Waals surface area contributed by atoms with Crippen LogP contribution in [0.15, 0.2) is 48.5 Å². The van der Waals surface area contributed by atoms with Gasteiger partial charge in [0.2, 0.25) is 0 Å². The molecule has 0 saturated carbocycles. The summed E-state index contributed by atoms with van der Waals surface area (Å²) in [6.45, 7) is 6.42. The smallest absolute Gasteiger partial charge is 0.109 e. The highest BCUT2D eigenvalue weighted by Crippen LogP contribution is 2.19. The summed E-state index contributed by atoms with van der Waals surface area (Å²) in [5.74, 6) is 2.38. The summed E-state index contributed by atoms with van der Waals surface area (Å²) in [5.41, 5.74) is 4.73. The van der Waals surface area contributed by atoms with Gasteiger partial charge in [-0.15, -0.1) is 0 Å². The molecule has 0 N–H and O–H groups in total. The molecule has 0 fully saturated rings. The number of fused-ring (bicyclic) bond motifs is 2. The quantitative estimate of drug-likeness (QED) is 0.442. The molecule has 0 aliphatic heterocycles. The third-order valence-electron chi connectivity index (χ3n) is 5.11. The molecule has 2 aromatic heterocycles. The summed E-state index contributed by atoms with van der Waals surface area (Å²) in [6.07, 6.45) is 4.23. The monoisotopic (exact) mass is 346 g/mol. The van der Waals surface area contributed by atoms with Gasteiger partial charge in [-0.25, -0.2) is 9.97 Å². The second kappa shape index (κ2) is 7.32. The number of unbranched alkanes of at least 4 members (excludes halogenated alkanes) is 1. The van der Waals surface area contributed by atoms with Crippen LogP contribution in [0.25, 0.3) is 22.1 Å². The molecule has 2 aromatic carbocycles. The molecule has 0 bridgehead atoms. The maximum absolute atomic E-state index is 4.78. The number of rotatable bonds is 7. The standard InChI is InChI=1S/C22H26N4/c1-3-21-23-17-11-5-7-13-19(17)25(21)15-9-10-16-26-20-14-8-6-12-18(20)24-22(26)4-2/h5-8,11-14H,3-4,9-10,15-16H2,1-2H3. The molecule has 2 heterocycles. The van der Waals surface area contributed by atoms with Crippen molar-refractivity contribution in [2.24, 2.45) is 0 Å². The highest BCUT2D eigenvalue weighted by atomic mass is 15.1. The molecule has 4 nitrogen and oxygen atoms in total. The molecule has 0 spiro atoms. The van der Waals surface area contributed by atoms with Crippen molar-refractivity contribution in [1.82, 2.24) is 19.1 Å². The Kier molecular flexibility index (Phi) is 4.74. The highest BCUT2D eigenvalue weighted by Gasteiger charge is 2.10. The van der Waals surface area contributed by atoms with Gasteiger partial charge in [-0.1, -0.05) is 38.1 Å². The number of aromatic nitrogens is 4. The third-order valence-corrected chi connectivity index (χ3v) is 5.11. The van der Waals surface area contributed by atoms with Gasteiger partial charge in [-0.05, 0) is 37.1 Å². The minimum absolute atomic E-state index is 0.973. The largest absolute Gasteiger partial charge is 0.328 e. The Morgan fingerprint density at radius 2 is 1.08 bits per heavy atom. The van der Waals surface area contributed by atoms with Gasteiger partial charge in [0.15, 0.2) is 0 Å². The van der Waals surface area contributed by atoms with Crippen molar-refractivity contribution < 1.29 is 0 Å². The van der Waals surface area contributed by atoms with Crippen LogP contribution < -0.4 is 0 Å². The molecule has 26 heavy (non-hydrogen) atoms. The average Bonchev–Trinajstić information content (AvgIpc) is 3.23. The molecule has 134 valence electrons. The van der Waals surface area contributed by atoms with E-state index in [-0.39, 0.29) is 0 Å². The van der Waals surface area contributed by atoms with Crippen LogP contribution in [0, 0.1) is 0 Å². The first-order chi connectivity index (χ1) is 12.8. The summed E-state index contributed by atoms with van der Waals surface area (Å²) in [5, 5.41) is 0. The van der Waals surface area contributed by atoms with E-state index >= 15 is 0 Å². The third kappa shape index (κ3) is 3.00. The minimum Gasteiger partial charge on any atom is -0.328 e. The van der Waals surface area contributed by atoms with Crippen molar-refractivity contribution in [2.75, 3.05) is 0 Å². The molecule has 0 aliphatic rings. The van der Waals surface area contributed by atoms with Crippen LogP contribution in [0.3, 0.4) is 0 Å². The minimum atomic E-state index is 0.973. The van der Waals surface area contributed by atoms with E-state index in [1.807, 2.05) is 0 Å². The summed E-state index contributed by atoms with van der Waals surface area (Å²) >= 11 is 0. The molecule has 4 aromatic rings. The first-order valence-electron chi connectivity index (χ1n) is 9.70. The van der Waals surface area contributed by atoms with Gasteiger partial charge >= 0.3 is 0 Å². The lowest BCUT2D eigenvalue weighted by molar-refractivity contribution is 0.546. The zero-order chi connectivity index (χ0) is 17.9. The summed E-state index contributed by atoms with van der Waals surface area (Å²) in [7, 11) is 0.